The number of aromatic amines is 1. The first-order valence-corrected chi connectivity index (χ1v) is 7.76. The fourth-order valence-electron chi connectivity index (χ4n) is 3.11. The molecule has 1 aromatic heterocycles. The normalized spacial score (nSPS) is 23.4. The monoisotopic (exact) mass is 297 g/mol. The molecular formula is C14H20ClN3O2. The van der Waals surface area contributed by atoms with Crippen LogP contribution in [0.2, 0.25) is 5.15 Å². The number of hydrogen-bond acceptors (Lipinski definition) is 3. The van der Waals surface area contributed by atoms with Gasteiger partial charge in [-0.2, -0.15) is 0 Å². The van der Waals surface area contributed by atoms with E-state index in [4.69, 9.17) is 11.6 Å². The van der Waals surface area contributed by atoms with Crippen LogP contribution in [-0.2, 0) is 6.42 Å². The molecule has 1 aliphatic heterocycles. The molecule has 0 amide bonds. The summed E-state index contributed by atoms with van der Waals surface area (Å²) in [6.07, 6.45) is 4.80. The van der Waals surface area contributed by atoms with Crippen LogP contribution in [0.25, 0.3) is 0 Å². The molecule has 1 saturated carbocycles. The maximum Gasteiger partial charge on any atom is 0.329 e. The minimum absolute atomic E-state index is 0.0141. The second-order valence-electron chi connectivity index (χ2n) is 5.82. The average Bonchev–Trinajstić information content (AvgIpc) is 3.14. The summed E-state index contributed by atoms with van der Waals surface area (Å²) in [7, 11) is 0. The fourth-order valence-corrected chi connectivity index (χ4v) is 3.37. The Bertz CT molecular complexity index is 618. The van der Waals surface area contributed by atoms with Crippen LogP contribution in [-0.4, -0.2) is 33.6 Å². The van der Waals surface area contributed by atoms with Crippen LogP contribution >= 0.6 is 11.6 Å². The summed E-state index contributed by atoms with van der Waals surface area (Å²) in [5.74, 6) is 0. The van der Waals surface area contributed by atoms with Crippen molar-refractivity contribution in [2.75, 3.05) is 13.1 Å². The first-order valence-electron chi connectivity index (χ1n) is 7.39. The highest BCUT2D eigenvalue weighted by atomic mass is 35.5. The molecule has 5 nitrogen and oxygen atoms in total. The molecule has 0 bridgehead atoms. The molecule has 0 spiro atoms. The second kappa shape index (κ2) is 5.37. The van der Waals surface area contributed by atoms with Crippen molar-refractivity contribution in [3.05, 3.63) is 31.6 Å². The molecule has 1 saturated heterocycles. The minimum atomic E-state index is -0.373. The molecule has 1 aliphatic carbocycles. The molecule has 110 valence electrons. The molecule has 2 aliphatic rings. The summed E-state index contributed by atoms with van der Waals surface area (Å²) >= 11 is 6.00. The summed E-state index contributed by atoms with van der Waals surface area (Å²) in [4.78, 5) is 29.6. The van der Waals surface area contributed by atoms with Gasteiger partial charge < -0.3 is 0 Å². The van der Waals surface area contributed by atoms with E-state index in [0.717, 1.165) is 25.9 Å². The molecular weight excluding hydrogens is 278 g/mol. The van der Waals surface area contributed by atoms with Gasteiger partial charge in [0.1, 0.15) is 5.15 Å². The van der Waals surface area contributed by atoms with Crippen LogP contribution in [0.3, 0.4) is 0 Å². The van der Waals surface area contributed by atoms with E-state index in [0.29, 0.717) is 18.0 Å². The van der Waals surface area contributed by atoms with Crippen LogP contribution in [0.5, 0.6) is 0 Å². The first kappa shape index (κ1) is 13.9. The van der Waals surface area contributed by atoms with Gasteiger partial charge in [-0.3, -0.25) is 19.2 Å². The van der Waals surface area contributed by atoms with E-state index in [9.17, 15) is 9.59 Å². The van der Waals surface area contributed by atoms with Gasteiger partial charge in [0.2, 0.25) is 0 Å². The Kier molecular flexibility index (Phi) is 3.73. The van der Waals surface area contributed by atoms with Gasteiger partial charge in [-0.1, -0.05) is 24.9 Å². The zero-order valence-corrected chi connectivity index (χ0v) is 12.4. The molecule has 1 aromatic rings. The lowest BCUT2D eigenvalue weighted by molar-refractivity contribution is 0.310. The summed E-state index contributed by atoms with van der Waals surface area (Å²) in [6, 6.07) is 0.664. The number of halogens is 1. The molecule has 3 rings (SSSR count). The van der Waals surface area contributed by atoms with Gasteiger partial charge in [-0.25, -0.2) is 4.79 Å². The summed E-state index contributed by atoms with van der Waals surface area (Å²) < 4.78 is 1.39. The molecule has 2 fully saturated rings. The standard InChI is InChI=1S/C14H20ClN3O2/c1-2-3-11-12(15)16-14(20)18(13(11)19)10-6-7-17(8-10)9-4-5-9/h9-10H,2-8H2,1H3,(H,16,20). The van der Waals surface area contributed by atoms with Crippen molar-refractivity contribution in [3.63, 3.8) is 0 Å². The van der Waals surface area contributed by atoms with Crippen LogP contribution in [0.15, 0.2) is 9.59 Å². The number of H-pyrrole nitrogens is 1. The maximum atomic E-state index is 12.5. The van der Waals surface area contributed by atoms with Crippen molar-refractivity contribution in [1.29, 1.82) is 0 Å². The lowest BCUT2D eigenvalue weighted by Gasteiger charge is -2.17. The summed E-state index contributed by atoms with van der Waals surface area (Å²) in [5.41, 5.74) is -0.0376. The number of aromatic nitrogens is 2. The maximum absolute atomic E-state index is 12.5. The van der Waals surface area contributed by atoms with E-state index in [2.05, 4.69) is 9.88 Å². The highest BCUT2D eigenvalue weighted by Crippen LogP contribution is 2.32. The second-order valence-corrected chi connectivity index (χ2v) is 6.19. The Morgan fingerprint density at radius 3 is 2.65 bits per heavy atom. The van der Waals surface area contributed by atoms with Gasteiger partial charge in [0.05, 0.1) is 11.6 Å². The third-order valence-corrected chi connectivity index (χ3v) is 4.62. The molecule has 1 unspecified atom stereocenters. The highest BCUT2D eigenvalue weighted by molar-refractivity contribution is 6.30. The van der Waals surface area contributed by atoms with Crippen molar-refractivity contribution < 1.29 is 0 Å². The van der Waals surface area contributed by atoms with Crippen molar-refractivity contribution in [2.24, 2.45) is 0 Å². The molecule has 2 heterocycles. The number of nitrogens with one attached hydrogen (secondary N) is 1. The third kappa shape index (κ3) is 2.44. The van der Waals surface area contributed by atoms with E-state index in [1.54, 1.807) is 0 Å². The Morgan fingerprint density at radius 1 is 1.25 bits per heavy atom. The van der Waals surface area contributed by atoms with Crippen molar-refractivity contribution in [1.82, 2.24) is 14.5 Å². The van der Waals surface area contributed by atoms with E-state index >= 15 is 0 Å². The van der Waals surface area contributed by atoms with Gasteiger partial charge in [0.25, 0.3) is 5.56 Å². The third-order valence-electron chi connectivity index (χ3n) is 4.30. The van der Waals surface area contributed by atoms with Crippen LogP contribution in [0, 0.1) is 0 Å². The predicted molar refractivity (Wildman–Crippen MR) is 78.6 cm³/mol. The van der Waals surface area contributed by atoms with E-state index in [-0.39, 0.29) is 22.4 Å². The van der Waals surface area contributed by atoms with E-state index in [1.165, 1.54) is 17.4 Å². The van der Waals surface area contributed by atoms with Gasteiger partial charge >= 0.3 is 5.69 Å². The Hall–Kier alpha value is -1.07. The zero-order chi connectivity index (χ0) is 14.3. The van der Waals surface area contributed by atoms with Gasteiger partial charge in [-0.15, -0.1) is 0 Å². The first-order chi connectivity index (χ1) is 9.61. The molecule has 6 heteroatoms. The number of hydrogen-bond donors (Lipinski definition) is 1. The minimum Gasteiger partial charge on any atom is -0.298 e. The molecule has 0 aromatic carbocycles. The Balaban J connectivity index is 1.94. The molecule has 0 radical (unpaired) electrons. The van der Waals surface area contributed by atoms with Crippen LogP contribution < -0.4 is 11.2 Å². The van der Waals surface area contributed by atoms with Crippen LogP contribution in [0.1, 0.15) is 44.2 Å². The quantitative estimate of drug-likeness (QED) is 0.858. The van der Waals surface area contributed by atoms with Gasteiger partial charge in [-0.05, 0) is 25.7 Å². The number of nitrogens with zero attached hydrogens (tertiary/aromatic N) is 2. The molecule has 20 heavy (non-hydrogen) atoms. The summed E-state index contributed by atoms with van der Waals surface area (Å²) in [6.45, 7) is 3.78. The Labute approximate surface area is 122 Å². The largest absolute Gasteiger partial charge is 0.329 e. The fraction of sp³-hybridized carbons (Fsp3) is 0.714. The van der Waals surface area contributed by atoms with E-state index < -0.39 is 0 Å². The Morgan fingerprint density at radius 2 is 2.00 bits per heavy atom. The van der Waals surface area contributed by atoms with E-state index in [1.807, 2.05) is 6.92 Å². The lowest BCUT2D eigenvalue weighted by Crippen LogP contribution is -2.41. The number of rotatable bonds is 4. The van der Waals surface area contributed by atoms with Gasteiger partial charge in [0.15, 0.2) is 0 Å². The lowest BCUT2D eigenvalue weighted by atomic mass is 10.2. The topological polar surface area (TPSA) is 58.1 Å². The van der Waals surface area contributed by atoms with Gasteiger partial charge in [0, 0.05) is 19.1 Å². The molecule has 1 atom stereocenters. The van der Waals surface area contributed by atoms with Crippen molar-refractivity contribution in [3.8, 4) is 0 Å². The highest BCUT2D eigenvalue weighted by Gasteiger charge is 2.36. The van der Waals surface area contributed by atoms with Crippen molar-refractivity contribution in [2.45, 2.75) is 51.1 Å². The summed E-state index contributed by atoms with van der Waals surface area (Å²) in [5, 5.41) is 0.204. The van der Waals surface area contributed by atoms with Crippen molar-refractivity contribution >= 4 is 11.6 Å². The zero-order valence-electron chi connectivity index (χ0n) is 11.7. The predicted octanol–water partition coefficient (Wildman–Crippen LogP) is 1.55. The molecule has 1 N–H and O–H groups in total. The average molecular weight is 298 g/mol. The SMILES string of the molecule is CCCc1c(Cl)[nH]c(=O)n(C2CCN(C3CC3)C2)c1=O. The smallest absolute Gasteiger partial charge is 0.298 e. The van der Waals surface area contributed by atoms with Crippen LogP contribution in [0.4, 0.5) is 0 Å². The number of likely N-dealkylation sites (tertiary alicyclic amines) is 1.